The standard InChI is InChI=1S/C11H17NS2/c1-2-10(11-4-3-6-14-11)12-9-5-7-13-8-9/h3-4,6,9-10,12H,2,5,7-8H2,1H3. The first-order valence-electron chi connectivity index (χ1n) is 5.27. The van der Waals surface area contributed by atoms with Gasteiger partial charge in [-0.2, -0.15) is 11.8 Å². The van der Waals surface area contributed by atoms with Crippen LogP contribution in [-0.4, -0.2) is 17.5 Å². The molecule has 1 aromatic rings. The molecular weight excluding hydrogens is 210 g/mol. The lowest BCUT2D eigenvalue weighted by molar-refractivity contribution is 0.456. The smallest absolute Gasteiger partial charge is 0.0414 e. The van der Waals surface area contributed by atoms with Crippen molar-refractivity contribution in [3.8, 4) is 0 Å². The van der Waals surface area contributed by atoms with E-state index < -0.39 is 0 Å². The van der Waals surface area contributed by atoms with Crippen molar-refractivity contribution in [2.45, 2.75) is 31.8 Å². The Kier molecular flexibility index (Phi) is 3.90. The van der Waals surface area contributed by atoms with Gasteiger partial charge in [-0.25, -0.2) is 0 Å². The molecule has 2 rings (SSSR count). The Bertz CT molecular complexity index is 252. The number of rotatable bonds is 4. The predicted octanol–water partition coefficient (Wildman–Crippen LogP) is 3.29. The lowest BCUT2D eigenvalue weighted by atomic mass is 10.1. The van der Waals surface area contributed by atoms with E-state index in [9.17, 15) is 0 Å². The topological polar surface area (TPSA) is 12.0 Å². The molecule has 1 saturated heterocycles. The van der Waals surface area contributed by atoms with Gasteiger partial charge in [-0.05, 0) is 30.0 Å². The van der Waals surface area contributed by atoms with Gasteiger partial charge in [0.1, 0.15) is 0 Å². The largest absolute Gasteiger partial charge is 0.306 e. The normalized spacial score (nSPS) is 23.9. The van der Waals surface area contributed by atoms with Crippen LogP contribution in [0.4, 0.5) is 0 Å². The zero-order valence-electron chi connectivity index (χ0n) is 8.53. The fourth-order valence-corrected chi connectivity index (χ4v) is 3.88. The maximum Gasteiger partial charge on any atom is 0.0414 e. The molecular formula is C11H17NS2. The van der Waals surface area contributed by atoms with E-state index >= 15 is 0 Å². The molecule has 0 radical (unpaired) electrons. The van der Waals surface area contributed by atoms with Crippen LogP contribution in [0.3, 0.4) is 0 Å². The van der Waals surface area contributed by atoms with Crippen LogP contribution >= 0.6 is 23.1 Å². The third kappa shape index (κ3) is 2.53. The minimum Gasteiger partial charge on any atom is -0.306 e. The summed E-state index contributed by atoms with van der Waals surface area (Å²) < 4.78 is 0. The van der Waals surface area contributed by atoms with Crippen LogP contribution < -0.4 is 5.32 Å². The van der Waals surface area contributed by atoms with Gasteiger partial charge in [0.15, 0.2) is 0 Å². The molecule has 14 heavy (non-hydrogen) atoms. The molecule has 0 bridgehead atoms. The maximum atomic E-state index is 3.76. The average Bonchev–Trinajstić information content (AvgIpc) is 2.86. The van der Waals surface area contributed by atoms with Crippen LogP contribution in [-0.2, 0) is 0 Å². The molecule has 0 spiro atoms. The van der Waals surface area contributed by atoms with Crippen molar-refractivity contribution >= 4 is 23.1 Å². The summed E-state index contributed by atoms with van der Waals surface area (Å²) in [7, 11) is 0. The van der Waals surface area contributed by atoms with Gasteiger partial charge in [-0.1, -0.05) is 13.0 Å². The van der Waals surface area contributed by atoms with Crippen molar-refractivity contribution in [2.24, 2.45) is 0 Å². The van der Waals surface area contributed by atoms with E-state index in [1.807, 2.05) is 11.3 Å². The first-order chi connectivity index (χ1) is 6.90. The molecule has 2 unspecified atom stereocenters. The predicted molar refractivity (Wildman–Crippen MR) is 66.2 cm³/mol. The Labute approximate surface area is 94.3 Å². The summed E-state index contributed by atoms with van der Waals surface area (Å²) in [5.41, 5.74) is 0. The number of thiophene rings is 1. The van der Waals surface area contributed by atoms with Gasteiger partial charge >= 0.3 is 0 Å². The second-order valence-electron chi connectivity index (χ2n) is 3.70. The van der Waals surface area contributed by atoms with Gasteiger partial charge in [0, 0.05) is 22.7 Å². The van der Waals surface area contributed by atoms with E-state index in [-0.39, 0.29) is 0 Å². The molecule has 0 saturated carbocycles. The van der Waals surface area contributed by atoms with Crippen molar-refractivity contribution < 1.29 is 0 Å². The Morgan fingerprint density at radius 1 is 1.64 bits per heavy atom. The van der Waals surface area contributed by atoms with Crippen LogP contribution in [0.1, 0.15) is 30.7 Å². The second-order valence-corrected chi connectivity index (χ2v) is 5.83. The molecule has 1 aliphatic heterocycles. The molecule has 1 aliphatic rings. The molecule has 2 atom stereocenters. The zero-order valence-corrected chi connectivity index (χ0v) is 10.2. The molecule has 1 N–H and O–H groups in total. The average molecular weight is 227 g/mol. The van der Waals surface area contributed by atoms with E-state index in [0.717, 1.165) is 6.04 Å². The fourth-order valence-electron chi connectivity index (χ4n) is 1.84. The maximum absolute atomic E-state index is 3.76. The number of hydrogen-bond acceptors (Lipinski definition) is 3. The lowest BCUT2D eigenvalue weighted by Crippen LogP contribution is -2.31. The zero-order chi connectivity index (χ0) is 9.80. The first-order valence-corrected chi connectivity index (χ1v) is 7.30. The van der Waals surface area contributed by atoms with Crippen molar-refractivity contribution in [3.63, 3.8) is 0 Å². The molecule has 0 aliphatic carbocycles. The van der Waals surface area contributed by atoms with Crippen LogP contribution in [0.2, 0.25) is 0 Å². The summed E-state index contributed by atoms with van der Waals surface area (Å²) >= 11 is 3.94. The highest BCUT2D eigenvalue weighted by molar-refractivity contribution is 7.99. The third-order valence-electron chi connectivity index (χ3n) is 2.66. The highest BCUT2D eigenvalue weighted by Gasteiger charge is 2.19. The van der Waals surface area contributed by atoms with Crippen molar-refractivity contribution in [1.82, 2.24) is 5.32 Å². The summed E-state index contributed by atoms with van der Waals surface area (Å²) in [5.74, 6) is 2.63. The fraction of sp³-hybridized carbons (Fsp3) is 0.636. The quantitative estimate of drug-likeness (QED) is 0.847. The van der Waals surface area contributed by atoms with E-state index in [0.29, 0.717) is 6.04 Å². The SMILES string of the molecule is CCC(NC1CCSC1)c1cccs1. The molecule has 0 aromatic carbocycles. The monoisotopic (exact) mass is 227 g/mol. The summed E-state index contributed by atoms with van der Waals surface area (Å²) in [4.78, 5) is 1.49. The lowest BCUT2D eigenvalue weighted by Gasteiger charge is -2.20. The number of hydrogen-bond donors (Lipinski definition) is 1. The number of nitrogens with one attached hydrogen (secondary N) is 1. The Morgan fingerprint density at radius 2 is 2.57 bits per heavy atom. The molecule has 3 heteroatoms. The van der Waals surface area contributed by atoms with Crippen LogP contribution in [0.5, 0.6) is 0 Å². The van der Waals surface area contributed by atoms with Crippen LogP contribution in [0, 0.1) is 0 Å². The van der Waals surface area contributed by atoms with Crippen molar-refractivity contribution in [1.29, 1.82) is 0 Å². The van der Waals surface area contributed by atoms with Gasteiger partial charge in [0.05, 0.1) is 0 Å². The Balaban J connectivity index is 1.93. The summed E-state index contributed by atoms with van der Waals surface area (Å²) in [6.07, 6.45) is 2.54. The van der Waals surface area contributed by atoms with Crippen LogP contribution in [0.15, 0.2) is 17.5 Å². The van der Waals surface area contributed by atoms with Gasteiger partial charge in [0.2, 0.25) is 0 Å². The molecule has 1 fully saturated rings. The minimum atomic E-state index is 0.582. The highest BCUT2D eigenvalue weighted by Crippen LogP contribution is 2.25. The van der Waals surface area contributed by atoms with Crippen LogP contribution in [0.25, 0.3) is 0 Å². The van der Waals surface area contributed by atoms with Gasteiger partial charge in [-0.3, -0.25) is 0 Å². The van der Waals surface area contributed by atoms with E-state index in [1.54, 1.807) is 0 Å². The third-order valence-corrected chi connectivity index (χ3v) is 4.81. The summed E-state index contributed by atoms with van der Waals surface area (Å²) in [6, 6.07) is 5.72. The highest BCUT2D eigenvalue weighted by atomic mass is 32.2. The van der Waals surface area contributed by atoms with Crippen molar-refractivity contribution in [3.05, 3.63) is 22.4 Å². The van der Waals surface area contributed by atoms with E-state index in [4.69, 9.17) is 0 Å². The molecule has 2 heterocycles. The van der Waals surface area contributed by atoms with Gasteiger partial charge in [-0.15, -0.1) is 11.3 Å². The van der Waals surface area contributed by atoms with Gasteiger partial charge < -0.3 is 5.32 Å². The molecule has 1 aromatic heterocycles. The molecule has 1 nitrogen and oxygen atoms in total. The number of thioether (sulfide) groups is 1. The van der Waals surface area contributed by atoms with Gasteiger partial charge in [0.25, 0.3) is 0 Å². The second kappa shape index (κ2) is 5.19. The van der Waals surface area contributed by atoms with E-state index in [2.05, 4.69) is 41.5 Å². The van der Waals surface area contributed by atoms with Crippen molar-refractivity contribution in [2.75, 3.05) is 11.5 Å². The molecule has 78 valence electrons. The minimum absolute atomic E-state index is 0.582. The van der Waals surface area contributed by atoms with E-state index in [1.165, 1.54) is 29.2 Å². The molecule has 0 amide bonds. The summed E-state index contributed by atoms with van der Waals surface area (Å²) in [6.45, 7) is 2.26. The first kappa shape index (κ1) is 10.5. The Morgan fingerprint density at radius 3 is 3.14 bits per heavy atom. The summed E-state index contributed by atoms with van der Waals surface area (Å²) in [5, 5.41) is 5.93. The Hall–Kier alpha value is 0.01000.